The molecule has 0 radical (unpaired) electrons. The lowest BCUT2D eigenvalue weighted by molar-refractivity contribution is 0.0692. The van der Waals surface area contributed by atoms with Gasteiger partial charge in [-0.05, 0) is 24.3 Å². The minimum atomic E-state index is -4.00. The van der Waals surface area contributed by atoms with E-state index in [9.17, 15) is 13.2 Å². The molecule has 136 valence electrons. The number of benzene rings is 2. The third kappa shape index (κ3) is 5.37. The highest BCUT2D eigenvalue weighted by Gasteiger charge is 2.19. The third-order valence-electron chi connectivity index (χ3n) is 2.98. The molecule has 0 fully saturated rings. The Morgan fingerprint density at radius 1 is 0.880 bits per heavy atom. The summed E-state index contributed by atoms with van der Waals surface area (Å²) in [6.07, 6.45) is 0. The molecule has 0 aliphatic rings. The molecule has 2 aromatic rings. The molecular formula is C16H18O8S. The van der Waals surface area contributed by atoms with E-state index in [1.165, 1.54) is 45.6 Å². The summed E-state index contributed by atoms with van der Waals surface area (Å²) in [7, 11) is 0.268. The number of methoxy groups -OCH3 is 3. The first-order valence-electron chi connectivity index (χ1n) is 6.81. The van der Waals surface area contributed by atoms with Crippen molar-refractivity contribution in [2.45, 2.75) is 4.90 Å². The van der Waals surface area contributed by atoms with Gasteiger partial charge in [0.2, 0.25) is 5.75 Å². The zero-order valence-corrected chi connectivity index (χ0v) is 14.6. The molecule has 0 saturated carbocycles. The van der Waals surface area contributed by atoms with Crippen LogP contribution in [0.3, 0.4) is 0 Å². The SMILES string of the molecule is COc1ccc(C(=O)O)c(OC)c1OC.O=S(=O)(O)c1ccccc1. The van der Waals surface area contributed by atoms with Crippen LogP contribution in [0.15, 0.2) is 47.4 Å². The van der Waals surface area contributed by atoms with Crippen LogP contribution in [0.4, 0.5) is 0 Å². The van der Waals surface area contributed by atoms with Crippen molar-refractivity contribution in [3.8, 4) is 17.2 Å². The topological polar surface area (TPSA) is 119 Å². The Bertz CT molecular complexity index is 816. The van der Waals surface area contributed by atoms with Crippen molar-refractivity contribution < 1.29 is 37.1 Å². The van der Waals surface area contributed by atoms with Gasteiger partial charge in [0.1, 0.15) is 5.56 Å². The van der Waals surface area contributed by atoms with Gasteiger partial charge >= 0.3 is 5.97 Å². The molecule has 0 atom stereocenters. The first-order chi connectivity index (χ1) is 11.8. The Kier molecular flexibility index (Phi) is 7.22. The first kappa shape index (κ1) is 20.3. The maximum absolute atomic E-state index is 10.9. The highest BCUT2D eigenvalue weighted by Crippen LogP contribution is 2.39. The van der Waals surface area contributed by atoms with E-state index in [2.05, 4.69) is 0 Å². The molecule has 2 rings (SSSR count). The monoisotopic (exact) mass is 370 g/mol. The third-order valence-corrected chi connectivity index (χ3v) is 3.84. The second kappa shape index (κ2) is 8.90. The highest BCUT2D eigenvalue weighted by atomic mass is 32.2. The normalized spacial score (nSPS) is 10.2. The smallest absolute Gasteiger partial charge is 0.339 e. The van der Waals surface area contributed by atoms with Crippen molar-refractivity contribution in [1.29, 1.82) is 0 Å². The average molecular weight is 370 g/mol. The zero-order valence-electron chi connectivity index (χ0n) is 13.8. The second-order valence-electron chi connectivity index (χ2n) is 4.48. The molecule has 0 amide bonds. The fourth-order valence-electron chi connectivity index (χ4n) is 1.86. The molecule has 9 heteroatoms. The molecule has 0 aliphatic carbocycles. The Labute approximate surface area is 145 Å². The van der Waals surface area contributed by atoms with E-state index in [-0.39, 0.29) is 22.0 Å². The lowest BCUT2D eigenvalue weighted by atomic mass is 10.1. The van der Waals surface area contributed by atoms with Gasteiger partial charge < -0.3 is 19.3 Å². The summed E-state index contributed by atoms with van der Waals surface area (Å²) < 4.78 is 44.3. The standard InChI is InChI=1S/C10H12O5.C6H6O3S/c1-13-7-5-4-6(10(11)12)8(14-2)9(7)15-3;7-10(8,9)6-4-2-1-3-5-6/h4-5H,1-3H3,(H,11,12);1-5H,(H,7,8,9). The van der Waals surface area contributed by atoms with Crippen molar-refractivity contribution in [1.82, 2.24) is 0 Å². The summed E-state index contributed by atoms with van der Waals surface area (Å²) >= 11 is 0. The number of carboxylic acids is 1. The van der Waals surface area contributed by atoms with Crippen LogP contribution in [-0.2, 0) is 10.1 Å². The number of aromatic carboxylic acids is 1. The number of rotatable bonds is 5. The van der Waals surface area contributed by atoms with E-state index >= 15 is 0 Å². The molecule has 0 aliphatic heterocycles. The number of ether oxygens (including phenoxy) is 3. The maximum atomic E-state index is 10.9. The van der Waals surface area contributed by atoms with Crippen molar-refractivity contribution in [3.05, 3.63) is 48.0 Å². The fourth-order valence-corrected chi connectivity index (χ4v) is 2.36. The summed E-state index contributed by atoms with van der Waals surface area (Å²) in [6.45, 7) is 0. The molecule has 8 nitrogen and oxygen atoms in total. The van der Waals surface area contributed by atoms with E-state index < -0.39 is 16.1 Å². The molecule has 0 bridgehead atoms. The fraction of sp³-hybridized carbons (Fsp3) is 0.188. The van der Waals surface area contributed by atoms with Crippen molar-refractivity contribution >= 4 is 16.1 Å². The van der Waals surface area contributed by atoms with Crippen LogP contribution in [0.25, 0.3) is 0 Å². The van der Waals surface area contributed by atoms with Crippen molar-refractivity contribution in [3.63, 3.8) is 0 Å². The van der Waals surface area contributed by atoms with E-state index in [0.717, 1.165) is 0 Å². The minimum absolute atomic E-state index is 0.0372. The van der Waals surface area contributed by atoms with E-state index in [0.29, 0.717) is 5.75 Å². The molecule has 0 spiro atoms. The van der Waals surface area contributed by atoms with Crippen LogP contribution < -0.4 is 14.2 Å². The first-order valence-corrected chi connectivity index (χ1v) is 8.25. The van der Waals surface area contributed by atoms with E-state index in [1.54, 1.807) is 18.2 Å². The second-order valence-corrected chi connectivity index (χ2v) is 5.90. The lowest BCUT2D eigenvalue weighted by Crippen LogP contribution is -2.03. The molecule has 0 unspecified atom stereocenters. The number of carboxylic acid groups (broad SMARTS) is 1. The average Bonchev–Trinajstić information content (AvgIpc) is 2.60. The van der Waals surface area contributed by atoms with Gasteiger partial charge in [0.25, 0.3) is 10.1 Å². The number of hydrogen-bond donors (Lipinski definition) is 2. The Morgan fingerprint density at radius 3 is 1.80 bits per heavy atom. The molecule has 2 N–H and O–H groups in total. The van der Waals surface area contributed by atoms with Crippen molar-refractivity contribution in [2.24, 2.45) is 0 Å². The predicted molar refractivity (Wildman–Crippen MR) is 89.3 cm³/mol. The van der Waals surface area contributed by atoms with Gasteiger partial charge in [-0.3, -0.25) is 4.55 Å². The summed E-state index contributed by atoms with van der Waals surface area (Å²) in [5.41, 5.74) is 0.0372. The molecule has 0 heterocycles. The van der Waals surface area contributed by atoms with Gasteiger partial charge in [-0.2, -0.15) is 8.42 Å². The van der Waals surface area contributed by atoms with Crippen LogP contribution in [0.5, 0.6) is 17.2 Å². The maximum Gasteiger partial charge on any atom is 0.339 e. The van der Waals surface area contributed by atoms with Crippen LogP contribution in [0.1, 0.15) is 10.4 Å². The van der Waals surface area contributed by atoms with E-state index in [4.69, 9.17) is 23.9 Å². The van der Waals surface area contributed by atoms with Gasteiger partial charge in [-0.1, -0.05) is 18.2 Å². The van der Waals surface area contributed by atoms with Crippen molar-refractivity contribution in [2.75, 3.05) is 21.3 Å². The lowest BCUT2D eigenvalue weighted by Gasteiger charge is -2.13. The van der Waals surface area contributed by atoms with Gasteiger partial charge in [-0.15, -0.1) is 0 Å². The quantitative estimate of drug-likeness (QED) is 0.770. The Balaban J connectivity index is 0.000000271. The van der Waals surface area contributed by atoms with Crippen LogP contribution in [0.2, 0.25) is 0 Å². The molecule has 0 saturated heterocycles. The number of hydrogen-bond acceptors (Lipinski definition) is 6. The number of carbonyl (C=O) groups is 1. The summed E-state index contributed by atoms with van der Waals surface area (Å²) in [5.74, 6) is -0.212. The Hall–Kier alpha value is -2.78. The zero-order chi connectivity index (χ0) is 19.0. The van der Waals surface area contributed by atoms with Gasteiger partial charge in [0.05, 0.1) is 26.2 Å². The largest absolute Gasteiger partial charge is 0.493 e. The van der Waals surface area contributed by atoms with Crippen LogP contribution >= 0.6 is 0 Å². The van der Waals surface area contributed by atoms with E-state index in [1.807, 2.05) is 0 Å². The summed E-state index contributed by atoms with van der Waals surface area (Å²) in [6, 6.07) is 10.3. The van der Waals surface area contributed by atoms with Gasteiger partial charge in [0, 0.05) is 0 Å². The van der Waals surface area contributed by atoms with Gasteiger partial charge in [0.15, 0.2) is 11.5 Å². The summed E-state index contributed by atoms with van der Waals surface area (Å²) in [4.78, 5) is 10.8. The minimum Gasteiger partial charge on any atom is -0.493 e. The summed E-state index contributed by atoms with van der Waals surface area (Å²) in [5, 5.41) is 8.90. The predicted octanol–water partition coefficient (Wildman–Crippen LogP) is 2.34. The van der Waals surface area contributed by atoms with Crippen LogP contribution in [-0.4, -0.2) is 45.4 Å². The Morgan fingerprint density at radius 2 is 1.44 bits per heavy atom. The molecule has 2 aromatic carbocycles. The van der Waals surface area contributed by atoms with Gasteiger partial charge in [-0.25, -0.2) is 4.79 Å². The molecular weight excluding hydrogens is 352 g/mol. The molecule has 0 aromatic heterocycles. The highest BCUT2D eigenvalue weighted by molar-refractivity contribution is 7.85. The van der Waals surface area contributed by atoms with Crippen LogP contribution in [0, 0.1) is 0 Å². The molecule has 25 heavy (non-hydrogen) atoms.